The molecule has 30 heavy (non-hydrogen) atoms. The average Bonchev–Trinajstić information content (AvgIpc) is 3.22. The van der Waals surface area contributed by atoms with E-state index in [1.165, 1.54) is 12.1 Å². The van der Waals surface area contributed by atoms with Crippen molar-refractivity contribution in [3.8, 4) is 11.4 Å². The Labute approximate surface area is 171 Å². The van der Waals surface area contributed by atoms with Crippen molar-refractivity contribution in [2.75, 3.05) is 52.5 Å². The Morgan fingerprint density at radius 2 is 1.60 bits per heavy atom. The van der Waals surface area contributed by atoms with Crippen LogP contribution in [0.25, 0.3) is 11.4 Å². The number of aromatic nitrogens is 2. The monoisotopic (exact) mass is 425 g/mol. The first-order valence-corrected chi connectivity index (χ1v) is 9.74. The van der Waals surface area contributed by atoms with E-state index < -0.39 is 11.7 Å². The Bertz CT molecular complexity index is 857. The van der Waals surface area contributed by atoms with E-state index in [4.69, 9.17) is 9.26 Å². The standard InChI is InChI=1S/C19H22F3N5O3/c20-19(21,22)15-3-1-14(2-4-15)17-23-16(30-24-17)13-25-5-7-26(8-6-25)18(28)27-9-11-29-12-10-27/h1-4H,5-13H2. The Balaban J connectivity index is 1.30. The summed E-state index contributed by atoms with van der Waals surface area (Å²) in [6.07, 6.45) is -4.38. The molecule has 0 bridgehead atoms. The fourth-order valence-electron chi connectivity index (χ4n) is 3.49. The number of rotatable bonds is 3. The van der Waals surface area contributed by atoms with Gasteiger partial charge in [-0.1, -0.05) is 17.3 Å². The van der Waals surface area contributed by atoms with Gasteiger partial charge in [0.1, 0.15) is 0 Å². The lowest BCUT2D eigenvalue weighted by molar-refractivity contribution is -0.137. The van der Waals surface area contributed by atoms with Gasteiger partial charge < -0.3 is 19.1 Å². The number of carbonyl (C=O) groups is 1. The van der Waals surface area contributed by atoms with E-state index in [1.807, 2.05) is 9.80 Å². The van der Waals surface area contributed by atoms with E-state index in [-0.39, 0.29) is 11.9 Å². The molecule has 1 aromatic heterocycles. The molecule has 162 valence electrons. The number of amides is 2. The van der Waals surface area contributed by atoms with Crippen molar-refractivity contribution in [1.29, 1.82) is 0 Å². The molecule has 0 N–H and O–H groups in total. The fraction of sp³-hybridized carbons (Fsp3) is 0.526. The van der Waals surface area contributed by atoms with E-state index in [1.54, 1.807) is 0 Å². The number of urea groups is 1. The van der Waals surface area contributed by atoms with Crippen LogP contribution in [0.3, 0.4) is 0 Å². The minimum absolute atomic E-state index is 0.0420. The van der Waals surface area contributed by atoms with E-state index in [0.29, 0.717) is 70.5 Å². The maximum atomic E-state index is 12.7. The molecular formula is C19H22F3N5O3. The highest BCUT2D eigenvalue weighted by Gasteiger charge is 2.30. The molecule has 0 atom stereocenters. The largest absolute Gasteiger partial charge is 0.416 e. The summed E-state index contributed by atoms with van der Waals surface area (Å²) in [5, 5.41) is 3.87. The molecule has 2 aliphatic rings. The van der Waals surface area contributed by atoms with E-state index in [2.05, 4.69) is 15.0 Å². The summed E-state index contributed by atoms with van der Waals surface area (Å²) >= 11 is 0. The first-order chi connectivity index (χ1) is 14.4. The summed E-state index contributed by atoms with van der Waals surface area (Å²) in [7, 11) is 0. The van der Waals surface area contributed by atoms with Crippen molar-refractivity contribution < 1.29 is 27.2 Å². The highest BCUT2D eigenvalue weighted by molar-refractivity contribution is 5.74. The number of carbonyl (C=O) groups excluding carboxylic acids is 1. The molecule has 0 saturated carbocycles. The molecular weight excluding hydrogens is 403 g/mol. The molecule has 0 spiro atoms. The minimum Gasteiger partial charge on any atom is -0.378 e. The number of morpholine rings is 1. The molecule has 0 radical (unpaired) electrons. The normalized spacial score (nSPS) is 18.6. The number of hydrogen-bond acceptors (Lipinski definition) is 6. The van der Waals surface area contributed by atoms with Crippen molar-refractivity contribution in [1.82, 2.24) is 24.8 Å². The molecule has 1 aromatic carbocycles. The number of benzene rings is 1. The maximum Gasteiger partial charge on any atom is 0.416 e. The van der Waals surface area contributed by atoms with Gasteiger partial charge in [-0.05, 0) is 12.1 Å². The van der Waals surface area contributed by atoms with Crippen LogP contribution in [0.4, 0.5) is 18.0 Å². The predicted octanol–water partition coefficient (Wildman–Crippen LogP) is 2.33. The van der Waals surface area contributed by atoms with Crippen molar-refractivity contribution in [2.45, 2.75) is 12.7 Å². The van der Waals surface area contributed by atoms with Gasteiger partial charge in [0, 0.05) is 44.8 Å². The predicted molar refractivity (Wildman–Crippen MR) is 99.4 cm³/mol. The number of piperazine rings is 1. The molecule has 2 aromatic rings. The van der Waals surface area contributed by atoms with E-state index in [9.17, 15) is 18.0 Å². The Hall–Kier alpha value is -2.66. The van der Waals surface area contributed by atoms with Crippen LogP contribution in [0.5, 0.6) is 0 Å². The fourth-order valence-corrected chi connectivity index (χ4v) is 3.49. The third kappa shape index (κ3) is 4.73. The average molecular weight is 425 g/mol. The summed E-state index contributed by atoms with van der Waals surface area (Å²) in [4.78, 5) is 22.6. The second-order valence-corrected chi connectivity index (χ2v) is 7.23. The van der Waals surface area contributed by atoms with Crippen molar-refractivity contribution in [3.63, 3.8) is 0 Å². The topological polar surface area (TPSA) is 74.9 Å². The maximum absolute atomic E-state index is 12.7. The molecule has 2 aliphatic heterocycles. The number of alkyl halides is 3. The quantitative estimate of drug-likeness (QED) is 0.752. The van der Waals surface area contributed by atoms with E-state index in [0.717, 1.165) is 12.1 Å². The van der Waals surface area contributed by atoms with E-state index >= 15 is 0 Å². The molecule has 4 rings (SSSR count). The van der Waals surface area contributed by atoms with Gasteiger partial charge in [-0.2, -0.15) is 18.2 Å². The van der Waals surface area contributed by atoms with Gasteiger partial charge >= 0.3 is 12.2 Å². The summed E-state index contributed by atoms with van der Waals surface area (Å²) < 4.78 is 48.6. The van der Waals surface area contributed by atoms with Gasteiger partial charge in [-0.15, -0.1) is 0 Å². The first kappa shape index (κ1) is 20.6. The van der Waals surface area contributed by atoms with Crippen LogP contribution in [-0.4, -0.2) is 83.4 Å². The molecule has 0 unspecified atom stereocenters. The summed E-state index contributed by atoms with van der Waals surface area (Å²) in [5.74, 6) is 0.637. The van der Waals surface area contributed by atoms with Gasteiger partial charge in [0.25, 0.3) is 0 Å². The van der Waals surface area contributed by atoms with Crippen molar-refractivity contribution in [3.05, 3.63) is 35.7 Å². The number of nitrogens with zero attached hydrogens (tertiary/aromatic N) is 5. The second kappa shape index (κ2) is 8.60. The highest BCUT2D eigenvalue weighted by Crippen LogP contribution is 2.30. The number of halogens is 3. The van der Waals surface area contributed by atoms with Crippen LogP contribution >= 0.6 is 0 Å². The SMILES string of the molecule is O=C(N1CCOCC1)N1CCN(Cc2nc(-c3ccc(C(F)(F)F)cc3)no2)CC1. The molecule has 0 aliphatic carbocycles. The van der Waals surface area contributed by atoms with Gasteiger partial charge in [-0.25, -0.2) is 4.79 Å². The lowest BCUT2D eigenvalue weighted by Gasteiger charge is -2.38. The Morgan fingerprint density at radius 1 is 0.967 bits per heavy atom. The van der Waals surface area contributed by atoms with Crippen molar-refractivity contribution >= 4 is 6.03 Å². The van der Waals surface area contributed by atoms with Crippen LogP contribution in [0, 0.1) is 0 Å². The van der Waals surface area contributed by atoms with Crippen LogP contribution in [0.1, 0.15) is 11.5 Å². The zero-order chi connectivity index (χ0) is 21.1. The number of hydrogen-bond donors (Lipinski definition) is 0. The van der Waals surface area contributed by atoms with Crippen molar-refractivity contribution in [2.24, 2.45) is 0 Å². The molecule has 3 heterocycles. The third-order valence-corrected chi connectivity index (χ3v) is 5.22. The summed E-state index contributed by atoms with van der Waals surface area (Å²) in [5.41, 5.74) is -0.265. The molecule has 11 heteroatoms. The third-order valence-electron chi connectivity index (χ3n) is 5.22. The smallest absolute Gasteiger partial charge is 0.378 e. The Morgan fingerprint density at radius 3 is 2.23 bits per heavy atom. The van der Waals surface area contributed by atoms with Crippen LogP contribution < -0.4 is 0 Å². The summed E-state index contributed by atoms with van der Waals surface area (Å²) in [6.45, 7) is 5.37. The lowest BCUT2D eigenvalue weighted by Crippen LogP contribution is -2.54. The van der Waals surface area contributed by atoms with Gasteiger partial charge in [0.05, 0.1) is 25.3 Å². The summed E-state index contributed by atoms with van der Waals surface area (Å²) in [6, 6.07) is 4.69. The van der Waals surface area contributed by atoms with Crippen LogP contribution in [-0.2, 0) is 17.5 Å². The van der Waals surface area contributed by atoms with Crippen LogP contribution in [0.2, 0.25) is 0 Å². The lowest BCUT2D eigenvalue weighted by atomic mass is 10.1. The molecule has 8 nitrogen and oxygen atoms in total. The first-order valence-electron chi connectivity index (χ1n) is 9.74. The molecule has 2 amide bonds. The minimum atomic E-state index is -4.38. The van der Waals surface area contributed by atoms with Gasteiger partial charge in [0.2, 0.25) is 11.7 Å². The molecule has 2 fully saturated rings. The van der Waals surface area contributed by atoms with Gasteiger partial charge in [0.15, 0.2) is 0 Å². The van der Waals surface area contributed by atoms with Gasteiger partial charge in [-0.3, -0.25) is 4.90 Å². The zero-order valence-corrected chi connectivity index (χ0v) is 16.3. The number of ether oxygens (including phenoxy) is 1. The molecule has 2 saturated heterocycles. The highest BCUT2D eigenvalue weighted by atomic mass is 19.4. The van der Waals surface area contributed by atoms with Crippen LogP contribution in [0.15, 0.2) is 28.8 Å². The Kier molecular flexibility index (Phi) is 5.91. The zero-order valence-electron chi connectivity index (χ0n) is 16.3. The second-order valence-electron chi connectivity index (χ2n) is 7.23.